The van der Waals surface area contributed by atoms with Crippen molar-refractivity contribution in [3.63, 3.8) is 0 Å². The van der Waals surface area contributed by atoms with Crippen molar-refractivity contribution in [1.29, 1.82) is 0 Å². The second-order valence-corrected chi connectivity index (χ2v) is 7.20. The van der Waals surface area contributed by atoms with E-state index < -0.39 is 23.2 Å². The molecule has 4 nitrogen and oxygen atoms in total. The quantitative estimate of drug-likeness (QED) is 0.605. The molecule has 3 aromatic rings. The van der Waals surface area contributed by atoms with Crippen molar-refractivity contribution in [2.24, 2.45) is 0 Å². The fourth-order valence-corrected chi connectivity index (χ4v) is 3.31. The first-order valence-electron chi connectivity index (χ1n) is 8.46. The lowest BCUT2D eigenvalue weighted by molar-refractivity contribution is -0.113. The van der Waals surface area contributed by atoms with Crippen LogP contribution in [0.25, 0.3) is 5.69 Å². The van der Waals surface area contributed by atoms with E-state index in [9.17, 15) is 13.6 Å². The molecule has 140 valence electrons. The maximum atomic E-state index is 13.6. The van der Waals surface area contributed by atoms with Crippen LogP contribution in [0.1, 0.15) is 25.3 Å². The van der Waals surface area contributed by atoms with Gasteiger partial charge in [0, 0.05) is 18.1 Å². The average Bonchev–Trinajstić information content (AvgIpc) is 3.12. The van der Waals surface area contributed by atoms with Crippen LogP contribution in [0, 0.1) is 11.6 Å². The van der Waals surface area contributed by atoms with Gasteiger partial charge in [0.1, 0.15) is 17.3 Å². The number of anilines is 1. The molecule has 0 atom stereocenters. The zero-order valence-corrected chi connectivity index (χ0v) is 15.8. The topological polar surface area (TPSA) is 46.9 Å². The normalized spacial score (nSPS) is 11.0. The van der Waals surface area contributed by atoms with Gasteiger partial charge in [0.15, 0.2) is 5.16 Å². The SMILES string of the molecule is CC(C)c1ccc(-n2ccnc2SCC(=O)Nc2c(F)cccc2F)cc1. The Hall–Kier alpha value is -2.67. The summed E-state index contributed by atoms with van der Waals surface area (Å²) in [5, 5.41) is 2.89. The van der Waals surface area contributed by atoms with Crippen LogP contribution in [0.2, 0.25) is 0 Å². The molecular formula is C20H19F2N3OS. The summed E-state index contributed by atoms with van der Waals surface area (Å²) in [5.74, 6) is -1.69. The molecular weight excluding hydrogens is 368 g/mol. The van der Waals surface area contributed by atoms with Crippen molar-refractivity contribution in [1.82, 2.24) is 9.55 Å². The molecule has 0 fully saturated rings. The molecule has 1 N–H and O–H groups in total. The number of carbonyl (C=O) groups is 1. The van der Waals surface area contributed by atoms with E-state index in [0.717, 1.165) is 17.8 Å². The molecule has 0 radical (unpaired) electrons. The lowest BCUT2D eigenvalue weighted by atomic mass is 10.0. The van der Waals surface area contributed by atoms with Gasteiger partial charge in [0.05, 0.1) is 5.75 Å². The van der Waals surface area contributed by atoms with Crippen LogP contribution < -0.4 is 5.32 Å². The van der Waals surface area contributed by atoms with E-state index in [4.69, 9.17) is 0 Å². The number of amides is 1. The third-order valence-electron chi connectivity index (χ3n) is 4.00. The number of halogens is 2. The van der Waals surface area contributed by atoms with Gasteiger partial charge in [-0.25, -0.2) is 13.8 Å². The fourth-order valence-electron chi connectivity index (χ4n) is 2.54. The minimum absolute atomic E-state index is 0.0190. The van der Waals surface area contributed by atoms with Crippen LogP contribution in [0.5, 0.6) is 0 Å². The average molecular weight is 387 g/mol. The number of aromatic nitrogens is 2. The second-order valence-electron chi connectivity index (χ2n) is 6.26. The van der Waals surface area contributed by atoms with Crippen LogP contribution >= 0.6 is 11.8 Å². The van der Waals surface area contributed by atoms with E-state index in [-0.39, 0.29) is 5.75 Å². The number of imidazole rings is 1. The summed E-state index contributed by atoms with van der Waals surface area (Å²) in [5.41, 5.74) is 1.73. The first-order chi connectivity index (χ1) is 13.0. The molecule has 0 aliphatic heterocycles. The number of rotatable bonds is 6. The Kier molecular flexibility index (Phi) is 5.91. The molecule has 3 rings (SSSR count). The zero-order chi connectivity index (χ0) is 19.4. The number of hydrogen-bond acceptors (Lipinski definition) is 3. The van der Waals surface area contributed by atoms with E-state index in [1.165, 1.54) is 23.4 Å². The van der Waals surface area contributed by atoms with E-state index in [2.05, 4.69) is 36.3 Å². The van der Waals surface area contributed by atoms with Gasteiger partial charge in [-0.3, -0.25) is 9.36 Å². The molecule has 0 aliphatic rings. The highest BCUT2D eigenvalue weighted by Gasteiger charge is 2.14. The minimum atomic E-state index is -0.805. The van der Waals surface area contributed by atoms with Gasteiger partial charge in [-0.1, -0.05) is 43.8 Å². The number of para-hydroxylation sites is 1. The molecule has 7 heteroatoms. The van der Waals surface area contributed by atoms with Crippen molar-refractivity contribution in [2.75, 3.05) is 11.1 Å². The fraction of sp³-hybridized carbons (Fsp3) is 0.200. The lowest BCUT2D eigenvalue weighted by Crippen LogP contribution is -2.16. The summed E-state index contributed by atoms with van der Waals surface area (Å²) in [6.07, 6.45) is 3.45. The Balaban J connectivity index is 1.67. The monoisotopic (exact) mass is 387 g/mol. The number of thioether (sulfide) groups is 1. The number of hydrogen-bond donors (Lipinski definition) is 1. The van der Waals surface area contributed by atoms with Crippen molar-refractivity contribution in [3.8, 4) is 5.69 Å². The summed E-state index contributed by atoms with van der Waals surface area (Å²) >= 11 is 1.19. The lowest BCUT2D eigenvalue weighted by Gasteiger charge is -2.10. The van der Waals surface area contributed by atoms with Crippen LogP contribution in [0.3, 0.4) is 0 Å². The minimum Gasteiger partial charge on any atom is -0.320 e. The summed E-state index contributed by atoms with van der Waals surface area (Å²) in [6, 6.07) is 11.5. The Morgan fingerprint density at radius 2 is 1.81 bits per heavy atom. The van der Waals surface area contributed by atoms with Crippen molar-refractivity contribution < 1.29 is 13.6 Å². The molecule has 0 spiro atoms. The van der Waals surface area contributed by atoms with E-state index in [1.807, 2.05) is 16.7 Å². The standard InChI is InChI=1S/C20H19F2N3OS/c1-13(2)14-6-8-15(9-7-14)25-11-10-23-20(25)27-12-18(26)24-19-16(21)4-3-5-17(19)22/h3-11,13H,12H2,1-2H3,(H,24,26). The van der Waals surface area contributed by atoms with Gasteiger partial charge in [-0.2, -0.15) is 0 Å². The molecule has 1 amide bonds. The van der Waals surface area contributed by atoms with E-state index in [0.29, 0.717) is 11.1 Å². The highest BCUT2D eigenvalue weighted by molar-refractivity contribution is 7.99. The van der Waals surface area contributed by atoms with Gasteiger partial charge in [-0.05, 0) is 35.7 Å². The van der Waals surface area contributed by atoms with Gasteiger partial charge in [0.2, 0.25) is 5.91 Å². The number of benzene rings is 2. The highest BCUT2D eigenvalue weighted by Crippen LogP contribution is 2.23. The third-order valence-corrected chi connectivity index (χ3v) is 4.97. The zero-order valence-electron chi connectivity index (χ0n) is 14.9. The Morgan fingerprint density at radius 1 is 1.15 bits per heavy atom. The number of carbonyl (C=O) groups excluding carboxylic acids is 1. The smallest absolute Gasteiger partial charge is 0.235 e. The molecule has 0 aliphatic carbocycles. The number of nitrogens with zero attached hydrogens (tertiary/aromatic N) is 2. The van der Waals surface area contributed by atoms with Gasteiger partial charge < -0.3 is 5.32 Å². The van der Waals surface area contributed by atoms with Gasteiger partial charge in [-0.15, -0.1) is 0 Å². The molecule has 0 unspecified atom stereocenters. The molecule has 27 heavy (non-hydrogen) atoms. The summed E-state index contributed by atoms with van der Waals surface area (Å²) in [4.78, 5) is 16.3. The molecule has 0 saturated heterocycles. The van der Waals surface area contributed by atoms with Gasteiger partial charge >= 0.3 is 0 Å². The molecule has 0 bridgehead atoms. The molecule has 0 saturated carbocycles. The maximum absolute atomic E-state index is 13.6. The van der Waals surface area contributed by atoms with Crippen LogP contribution in [-0.2, 0) is 4.79 Å². The summed E-state index contributed by atoms with van der Waals surface area (Å²) in [7, 11) is 0. The predicted octanol–water partition coefficient (Wildman–Crippen LogP) is 5.00. The Bertz CT molecular complexity index is 918. The second kappa shape index (κ2) is 8.35. The first-order valence-corrected chi connectivity index (χ1v) is 9.44. The molecule has 1 aromatic heterocycles. The van der Waals surface area contributed by atoms with Gasteiger partial charge in [0.25, 0.3) is 0 Å². The molecule has 1 heterocycles. The number of nitrogens with one attached hydrogen (secondary N) is 1. The highest BCUT2D eigenvalue weighted by atomic mass is 32.2. The summed E-state index contributed by atoms with van der Waals surface area (Å²) in [6.45, 7) is 4.26. The van der Waals surface area contributed by atoms with E-state index >= 15 is 0 Å². The maximum Gasteiger partial charge on any atom is 0.235 e. The van der Waals surface area contributed by atoms with Crippen molar-refractivity contribution in [3.05, 3.63) is 72.1 Å². The predicted molar refractivity (Wildman–Crippen MR) is 103 cm³/mol. The van der Waals surface area contributed by atoms with Crippen LogP contribution in [0.4, 0.5) is 14.5 Å². The Morgan fingerprint density at radius 3 is 2.44 bits per heavy atom. The van der Waals surface area contributed by atoms with Crippen molar-refractivity contribution >= 4 is 23.4 Å². The first kappa shape index (κ1) is 19.1. The third kappa shape index (κ3) is 4.54. The molecule has 2 aromatic carbocycles. The largest absolute Gasteiger partial charge is 0.320 e. The van der Waals surface area contributed by atoms with Crippen LogP contribution in [-0.4, -0.2) is 21.2 Å². The van der Waals surface area contributed by atoms with Crippen LogP contribution in [0.15, 0.2) is 60.0 Å². The summed E-state index contributed by atoms with van der Waals surface area (Å²) < 4.78 is 29.1. The van der Waals surface area contributed by atoms with E-state index in [1.54, 1.807) is 12.4 Å². The van der Waals surface area contributed by atoms with Crippen molar-refractivity contribution in [2.45, 2.75) is 24.9 Å². The Labute approximate surface area is 160 Å².